The van der Waals surface area contributed by atoms with E-state index >= 15 is 4.39 Å². The first kappa shape index (κ1) is 24.3. The number of hydrogen-bond donors (Lipinski definition) is 0. The third kappa shape index (κ3) is 4.72. The Morgan fingerprint density at radius 3 is 2.73 bits per heavy atom. The third-order valence-corrected chi connectivity index (χ3v) is 6.27. The fraction of sp³-hybridized carbons (Fsp3) is 0.250. The molecule has 1 saturated heterocycles. The molecule has 3 heterocycles. The minimum absolute atomic E-state index is 0.00372. The number of benzene rings is 2. The van der Waals surface area contributed by atoms with Crippen molar-refractivity contribution in [2.24, 2.45) is 0 Å². The van der Waals surface area contributed by atoms with Gasteiger partial charge in [0.15, 0.2) is 11.6 Å². The van der Waals surface area contributed by atoms with E-state index in [4.69, 9.17) is 9.47 Å². The number of likely N-dealkylation sites (tertiary alicyclic amines) is 1. The van der Waals surface area contributed by atoms with E-state index in [9.17, 15) is 9.59 Å². The zero-order valence-electron chi connectivity index (χ0n) is 20.6. The van der Waals surface area contributed by atoms with Crippen molar-refractivity contribution in [1.82, 2.24) is 19.0 Å². The summed E-state index contributed by atoms with van der Waals surface area (Å²) in [5.41, 5.74) is 1.24. The molecule has 0 radical (unpaired) electrons. The maximum Gasteiger partial charge on any atom is 0.334 e. The van der Waals surface area contributed by atoms with E-state index in [0.717, 1.165) is 0 Å². The Morgan fingerprint density at radius 1 is 1.16 bits per heavy atom. The van der Waals surface area contributed by atoms with E-state index in [-0.39, 0.29) is 29.5 Å². The summed E-state index contributed by atoms with van der Waals surface area (Å²) < 4.78 is 29.7. The molecule has 1 unspecified atom stereocenters. The minimum atomic E-state index is -0.618. The molecule has 2 aromatic carbocycles. The van der Waals surface area contributed by atoms with Crippen molar-refractivity contribution in [3.8, 4) is 22.9 Å². The second-order valence-electron chi connectivity index (χ2n) is 9.14. The van der Waals surface area contributed by atoms with Gasteiger partial charge in [-0.25, -0.2) is 9.18 Å². The van der Waals surface area contributed by atoms with Crippen LogP contribution in [0.4, 0.5) is 4.39 Å². The fourth-order valence-corrected chi connectivity index (χ4v) is 4.67. The Balaban J connectivity index is 1.48. The summed E-state index contributed by atoms with van der Waals surface area (Å²) in [6.45, 7) is 8.32. The summed E-state index contributed by atoms with van der Waals surface area (Å²) in [6, 6.07) is 12.9. The van der Waals surface area contributed by atoms with Gasteiger partial charge in [0.05, 0.1) is 35.1 Å². The molecule has 1 atom stereocenters. The number of halogens is 1. The molecule has 1 amide bonds. The summed E-state index contributed by atoms with van der Waals surface area (Å²) in [4.78, 5) is 31.6. The second kappa shape index (κ2) is 9.93. The highest BCUT2D eigenvalue weighted by Crippen LogP contribution is 2.30. The van der Waals surface area contributed by atoms with Crippen LogP contribution in [0.5, 0.6) is 17.2 Å². The van der Waals surface area contributed by atoms with Crippen LogP contribution in [0.25, 0.3) is 16.7 Å². The molecule has 0 spiro atoms. The number of amides is 1. The zero-order chi connectivity index (χ0) is 26.1. The first-order chi connectivity index (χ1) is 17.9. The molecule has 2 aromatic heterocycles. The Morgan fingerprint density at radius 2 is 1.97 bits per heavy atom. The molecule has 9 heteroatoms. The molecule has 1 fully saturated rings. The van der Waals surface area contributed by atoms with Crippen LogP contribution < -0.4 is 15.2 Å². The van der Waals surface area contributed by atoms with Crippen LogP contribution in [-0.4, -0.2) is 44.1 Å². The summed E-state index contributed by atoms with van der Waals surface area (Å²) >= 11 is 0. The van der Waals surface area contributed by atoms with Crippen molar-refractivity contribution in [3.63, 3.8) is 0 Å². The summed E-state index contributed by atoms with van der Waals surface area (Å²) in [5.74, 6) is 0.293. The van der Waals surface area contributed by atoms with E-state index in [1.54, 1.807) is 58.3 Å². The van der Waals surface area contributed by atoms with Crippen LogP contribution >= 0.6 is 0 Å². The van der Waals surface area contributed by atoms with Gasteiger partial charge in [0.2, 0.25) is 5.91 Å². The quantitative estimate of drug-likeness (QED) is 0.337. The lowest BCUT2D eigenvalue weighted by Crippen LogP contribution is -2.31. The van der Waals surface area contributed by atoms with Crippen molar-refractivity contribution < 1.29 is 18.7 Å². The van der Waals surface area contributed by atoms with Gasteiger partial charge in [-0.15, -0.1) is 0 Å². The first-order valence-electron chi connectivity index (χ1n) is 12.1. The van der Waals surface area contributed by atoms with E-state index in [1.807, 2.05) is 13.8 Å². The van der Waals surface area contributed by atoms with E-state index < -0.39 is 5.82 Å². The van der Waals surface area contributed by atoms with Gasteiger partial charge in [0, 0.05) is 31.4 Å². The molecule has 8 nitrogen and oxygen atoms in total. The number of pyridine rings is 1. The molecule has 0 aliphatic carbocycles. The molecule has 4 aromatic rings. The first-order valence-corrected chi connectivity index (χ1v) is 12.1. The predicted octanol–water partition coefficient (Wildman–Crippen LogP) is 4.87. The highest BCUT2D eigenvalue weighted by molar-refractivity contribution is 5.87. The van der Waals surface area contributed by atoms with Gasteiger partial charge in [-0.1, -0.05) is 12.6 Å². The van der Waals surface area contributed by atoms with Gasteiger partial charge in [-0.3, -0.25) is 18.9 Å². The maximum atomic E-state index is 15.2. The minimum Gasteiger partial charge on any atom is -0.491 e. The number of ether oxygens (including phenoxy) is 2. The van der Waals surface area contributed by atoms with Gasteiger partial charge in [0.1, 0.15) is 11.5 Å². The molecule has 1 aliphatic rings. The zero-order valence-corrected chi connectivity index (χ0v) is 20.6. The number of hydrogen-bond acceptors (Lipinski definition) is 5. The molecule has 5 rings (SSSR count). The van der Waals surface area contributed by atoms with Crippen LogP contribution in [-0.2, 0) is 4.79 Å². The topological polar surface area (TPSA) is 78.6 Å². The maximum absolute atomic E-state index is 15.2. The summed E-state index contributed by atoms with van der Waals surface area (Å²) in [6.07, 6.45) is 5.09. The van der Waals surface area contributed by atoms with Crippen molar-refractivity contribution in [1.29, 1.82) is 0 Å². The Bertz CT molecular complexity index is 1540. The van der Waals surface area contributed by atoms with Crippen molar-refractivity contribution in [2.45, 2.75) is 32.4 Å². The lowest BCUT2D eigenvalue weighted by atomic mass is 10.2. The summed E-state index contributed by atoms with van der Waals surface area (Å²) in [5, 5.41) is 0. The number of aromatic nitrogens is 3. The standard InChI is InChI=1S/C28H27FN4O4/c1-4-27(34)31-13-11-20(17-31)33-24-10-12-30-16-25(24)32(28(33)35)19-8-9-26(23(29)14-19)37-22-7-5-6-21(15-22)36-18(2)3/h4-10,12,14-16,18,20H,1,11,13,17H2,2-3H3. The van der Waals surface area contributed by atoms with E-state index in [2.05, 4.69) is 11.6 Å². The van der Waals surface area contributed by atoms with Crippen molar-refractivity contribution >= 4 is 16.9 Å². The second-order valence-corrected chi connectivity index (χ2v) is 9.14. The predicted molar refractivity (Wildman–Crippen MR) is 138 cm³/mol. The van der Waals surface area contributed by atoms with Gasteiger partial charge in [0.25, 0.3) is 0 Å². The van der Waals surface area contributed by atoms with Crippen LogP contribution in [0.15, 0.2) is 78.4 Å². The molecule has 0 bridgehead atoms. The normalized spacial score (nSPS) is 15.4. The number of fused-ring (bicyclic) bond motifs is 1. The van der Waals surface area contributed by atoms with Gasteiger partial charge >= 0.3 is 5.69 Å². The van der Waals surface area contributed by atoms with Crippen molar-refractivity contribution in [3.05, 3.63) is 89.9 Å². The van der Waals surface area contributed by atoms with E-state index in [1.165, 1.54) is 22.8 Å². The third-order valence-electron chi connectivity index (χ3n) is 6.27. The Hall–Kier alpha value is -4.40. The highest BCUT2D eigenvalue weighted by atomic mass is 19.1. The van der Waals surface area contributed by atoms with Crippen LogP contribution in [0.3, 0.4) is 0 Å². The number of carbonyl (C=O) groups excluding carboxylic acids is 1. The molecular formula is C28H27FN4O4. The molecule has 0 N–H and O–H groups in total. The largest absolute Gasteiger partial charge is 0.491 e. The molecular weight excluding hydrogens is 475 g/mol. The van der Waals surface area contributed by atoms with E-state index in [0.29, 0.717) is 47.7 Å². The van der Waals surface area contributed by atoms with Crippen molar-refractivity contribution in [2.75, 3.05) is 13.1 Å². The molecule has 1 aliphatic heterocycles. The Kier molecular flexibility index (Phi) is 6.52. The van der Waals surface area contributed by atoms with Crippen LogP contribution in [0, 0.1) is 5.82 Å². The number of carbonyl (C=O) groups is 1. The number of nitrogens with zero attached hydrogens (tertiary/aromatic N) is 4. The number of imidazole rings is 1. The smallest absolute Gasteiger partial charge is 0.334 e. The molecule has 0 saturated carbocycles. The lowest BCUT2D eigenvalue weighted by Gasteiger charge is -2.15. The highest BCUT2D eigenvalue weighted by Gasteiger charge is 2.30. The fourth-order valence-electron chi connectivity index (χ4n) is 4.67. The SMILES string of the molecule is C=CC(=O)N1CCC(n2c(=O)n(-c3ccc(Oc4cccc(OC(C)C)c4)c(F)c3)c3cnccc32)C1. The molecule has 190 valence electrons. The van der Waals surface area contributed by atoms with Gasteiger partial charge < -0.3 is 14.4 Å². The van der Waals surface area contributed by atoms with Gasteiger partial charge in [-0.05, 0) is 56.7 Å². The summed E-state index contributed by atoms with van der Waals surface area (Å²) in [7, 11) is 0. The van der Waals surface area contributed by atoms with Gasteiger partial charge in [-0.2, -0.15) is 0 Å². The average molecular weight is 503 g/mol. The van der Waals surface area contributed by atoms with Crippen LogP contribution in [0.1, 0.15) is 26.3 Å². The Labute approximate surface area is 213 Å². The average Bonchev–Trinajstić information content (AvgIpc) is 3.46. The van der Waals surface area contributed by atoms with Crippen LogP contribution in [0.2, 0.25) is 0 Å². The number of rotatable bonds is 7. The molecule has 37 heavy (non-hydrogen) atoms. The monoisotopic (exact) mass is 502 g/mol. The lowest BCUT2D eigenvalue weighted by molar-refractivity contribution is -0.125.